The molecule has 0 radical (unpaired) electrons. The number of nitrogens with two attached hydrogens (primary N) is 1. The molecule has 1 aliphatic heterocycles. The van der Waals surface area contributed by atoms with Crippen molar-refractivity contribution in [1.82, 2.24) is 15.6 Å². The average molecular weight is 248 g/mol. The molecule has 3 amide bonds. The van der Waals surface area contributed by atoms with Crippen LogP contribution in [-0.2, 0) is 9.59 Å². The summed E-state index contributed by atoms with van der Waals surface area (Å²) in [5, 5.41) is 4.68. The predicted octanol–water partition coefficient (Wildman–Crippen LogP) is -0.801. The van der Waals surface area contributed by atoms with Gasteiger partial charge in [0, 0.05) is 24.5 Å². The zero-order valence-electron chi connectivity index (χ0n) is 9.47. The number of carbonyl (C=O) groups is 3. The van der Waals surface area contributed by atoms with Crippen LogP contribution in [0.4, 0.5) is 5.69 Å². The van der Waals surface area contributed by atoms with Gasteiger partial charge in [-0.05, 0) is 12.5 Å². The van der Waals surface area contributed by atoms with Crippen LogP contribution in [0.15, 0.2) is 18.5 Å². The third-order valence-corrected chi connectivity index (χ3v) is 2.64. The Kier molecular flexibility index (Phi) is 3.22. The largest absolute Gasteiger partial charge is 0.398 e. The van der Waals surface area contributed by atoms with Gasteiger partial charge >= 0.3 is 0 Å². The number of nitrogens with one attached hydrogen (secondary N) is 2. The lowest BCUT2D eigenvalue weighted by Gasteiger charge is -2.21. The highest BCUT2D eigenvalue weighted by molar-refractivity contribution is 6.05. The molecule has 1 aromatic heterocycles. The van der Waals surface area contributed by atoms with Gasteiger partial charge in [0.15, 0.2) is 0 Å². The van der Waals surface area contributed by atoms with E-state index in [1.54, 1.807) is 0 Å². The molecule has 1 aliphatic rings. The van der Waals surface area contributed by atoms with Crippen LogP contribution in [0.2, 0.25) is 0 Å². The van der Waals surface area contributed by atoms with Crippen LogP contribution in [0.5, 0.6) is 0 Å². The van der Waals surface area contributed by atoms with Crippen LogP contribution in [0.3, 0.4) is 0 Å². The molecule has 2 rings (SSSR count). The van der Waals surface area contributed by atoms with Crippen molar-refractivity contribution in [2.45, 2.75) is 18.9 Å². The van der Waals surface area contributed by atoms with E-state index in [0.29, 0.717) is 0 Å². The Morgan fingerprint density at radius 2 is 2.28 bits per heavy atom. The van der Waals surface area contributed by atoms with Crippen LogP contribution >= 0.6 is 0 Å². The van der Waals surface area contributed by atoms with E-state index in [2.05, 4.69) is 15.6 Å². The summed E-state index contributed by atoms with van der Waals surface area (Å²) >= 11 is 0. The lowest BCUT2D eigenvalue weighted by atomic mass is 10.1. The smallest absolute Gasteiger partial charge is 0.255 e. The molecule has 1 unspecified atom stereocenters. The van der Waals surface area contributed by atoms with Crippen LogP contribution < -0.4 is 16.4 Å². The SMILES string of the molecule is Nc1ccncc1C(=O)NC1CCC(=O)NC1=O. The minimum absolute atomic E-state index is 0.208. The molecular formula is C11H12N4O3. The van der Waals surface area contributed by atoms with Gasteiger partial charge in [0.25, 0.3) is 5.91 Å². The minimum Gasteiger partial charge on any atom is -0.398 e. The predicted molar refractivity (Wildman–Crippen MR) is 62.3 cm³/mol. The van der Waals surface area contributed by atoms with Crippen molar-refractivity contribution in [2.75, 3.05) is 5.73 Å². The zero-order chi connectivity index (χ0) is 13.1. The van der Waals surface area contributed by atoms with Crippen LogP contribution in [0.1, 0.15) is 23.2 Å². The monoisotopic (exact) mass is 248 g/mol. The van der Waals surface area contributed by atoms with Gasteiger partial charge in [0.2, 0.25) is 11.8 Å². The Hall–Kier alpha value is -2.44. The molecular weight excluding hydrogens is 236 g/mol. The van der Waals surface area contributed by atoms with E-state index >= 15 is 0 Å². The van der Waals surface area contributed by atoms with Gasteiger partial charge in [-0.3, -0.25) is 24.7 Å². The van der Waals surface area contributed by atoms with Crippen molar-refractivity contribution in [3.8, 4) is 0 Å². The molecule has 94 valence electrons. The minimum atomic E-state index is -0.713. The number of imide groups is 1. The molecule has 1 fully saturated rings. The van der Waals surface area contributed by atoms with E-state index in [0.717, 1.165) is 0 Å². The number of aromatic nitrogens is 1. The van der Waals surface area contributed by atoms with Crippen molar-refractivity contribution in [3.63, 3.8) is 0 Å². The first-order valence-corrected chi connectivity index (χ1v) is 5.42. The number of piperidine rings is 1. The molecule has 1 atom stereocenters. The molecule has 0 aliphatic carbocycles. The highest BCUT2D eigenvalue weighted by Crippen LogP contribution is 2.10. The van der Waals surface area contributed by atoms with Gasteiger partial charge in [-0.1, -0.05) is 0 Å². The Balaban J connectivity index is 2.06. The second-order valence-electron chi connectivity index (χ2n) is 3.94. The number of anilines is 1. The first-order chi connectivity index (χ1) is 8.58. The molecule has 7 nitrogen and oxygen atoms in total. The summed E-state index contributed by atoms with van der Waals surface area (Å²) in [6.07, 6.45) is 3.30. The third kappa shape index (κ3) is 2.45. The molecule has 2 heterocycles. The van der Waals surface area contributed by atoms with E-state index in [1.807, 2.05) is 0 Å². The third-order valence-electron chi connectivity index (χ3n) is 2.64. The number of amides is 3. The summed E-state index contributed by atoms with van der Waals surface area (Å²) in [7, 11) is 0. The summed E-state index contributed by atoms with van der Waals surface area (Å²) in [5.74, 6) is -1.30. The van der Waals surface area contributed by atoms with Gasteiger partial charge in [0.1, 0.15) is 6.04 Å². The van der Waals surface area contributed by atoms with E-state index in [4.69, 9.17) is 5.73 Å². The highest BCUT2D eigenvalue weighted by Gasteiger charge is 2.28. The molecule has 0 saturated carbocycles. The number of nitrogens with zero attached hydrogens (tertiary/aromatic N) is 1. The number of hydrogen-bond donors (Lipinski definition) is 3. The zero-order valence-corrected chi connectivity index (χ0v) is 9.47. The summed E-state index contributed by atoms with van der Waals surface area (Å²) in [5.41, 5.74) is 6.13. The van der Waals surface area contributed by atoms with Crippen LogP contribution in [0.25, 0.3) is 0 Å². The van der Waals surface area contributed by atoms with Crippen LogP contribution in [-0.4, -0.2) is 28.7 Å². The Bertz CT molecular complexity index is 515. The van der Waals surface area contributed by atoms with Crippen molar-refractivity contribution >= 4 is 23.4 Å². The fourth-order valence-corrected chi connectivity index (χ4v) is 1.66. The van der Waals surface area contributed by atoms with E-state index in [9.17, 15) is 14.4 Å². The summed E-state index contributed by atoms with van der Waals surface area (Å²) in [4.78, 5) is 38.1. The first-order valence-electron chi connectivity index (χ1n) is 5.42. The molecule has 0 spiro atoms. The Labute approximate surface area is 103 Å². The summed E-state index contributed by atoms with van der Waals surface area (Å²) in [6.45, 7) is 0. The van der Waals surface area contributed by atoms with Gasteiger partial charge in [0.05, 0.1) is 5.56 Å². The number of carbonyl (C=O) groups excluding carboxylic acids is 3. The summed E-state index contributed by atoms with van der Waals surface area (Å²) < 4.78 is 0. The number of rotatable bonds is 2. The molecule has 1 saturated heterocycles. The molecule has 0 bridgehead atoms. The molecule has 18 heavy (non-hydrogen) atoms. The maximum atomic E-state index is 11.9. The quantitative estimate of drug-likeness (QED) is 0.593. The second-order valence-corrected chi connectivity index (χ2v) is 3.94. The second kappa shape index (κ2) is 4.82. The van der Waals surface area contributed by atoms with Gasteiger partial charge < -0.3 is 11.1 Å². The topological polar surface area (TPSA) is 114 Å². The van der Waals surface area contributed by atoms with E-state index < -0.39 is 17.9 Å². The maximum Gasteiger partial charge on any atom is 0.255 e. The molecule has 4 N–H and O–H groups in total. The highest BCUT2D eigenvalue weighted by atomic mass is 16.2. The van der Waals surface area contributed by atoms with Crippen molar-refractivity contribution in [3.05, 3.63) is 24.0 Å². The van der Waals surface area contributed by atoms with Crippen molar-refractivity contribution in [1.29, 1.82) is 0 Å². The molecule has 1 aromatic rings. The standard InChI is InChI=1S/C11H12N4O3/c12-7-3-4-13-5-6(7)10(17)14-8-1-2-9(16)15-11(8)18/h3-5,8H,1-2H2,(H2,12,13)(H,14,17)(H,15,16,18). The van der Waals surface area contributed by atoms with Crippen molar-refractivity contribution < 1.29 is 14.4 Å². The van der Waals surface area contributed by atoms with Crippen LogP contribution in [0, 0.1) is 0 Å². The number of hydrogen-bond acceptors (Lipinski definition) is 5. The lowest BCUT2D eigenvalue weighted by Crippen LogP contribution is -2.52. The normalized spacial score (nSPS) is 19.2. The van der Waals surface area contributed by atoms with Crippen molar-refractivity contribution in [2.24, 2.45) is 0 Å². The maximum absolute atomic E-state index is 11.9. The lowest BCUT2D eigenvalue weighted by molar-refractivity contribution is -0.134. The van der Waals surface area contributed by atoms with Gasteiger partial charge in [-0.25, -0.2) is 0 Å². The summed E-state index contributed by atoms with van der Waals surface area (Å²) in [6, 6.07) is 0.786. The van der Waals surface area contributed by atoms with Gasteiger partial charge in [-0.15, -0.1) is 0 Å². The van der Waals surface area contributed by atoms with E-state index in [1.165, 1.54) is 18.5 Å². The number of pyridine rings is 1. The molecule has 0 aromatic carbocycles. The van der Waals surface area contributed by atoms with Gasteiger partial charge in [-0.2, -0.15) is 0 Å². The fourth-order valence-electron chi connectivity index (χ4n) is 1.66. The fraction of sp³-hybridized carbons (Fsp3) is 0.273. The number of nitrogen functional groups attached to an aromatic ring is 1. The average Bonchev–Trinajstić information content (AvgIpc) is 2.33. The molecule has 7 heteroatoms. The van der Waals surface area contributed by atoms with E-state index in [-0.39, 0.29) is 30.0 Å². The Morgan fingerprint density at radius 1 is 1.50 bits per heavy atom. The Morgan fingerprint density at radius 3 is 2.94 bits per heavy atom. The first kappa shape index (κ1) is 12.0.